The molecule has 2 N–H and O–H groups in total. The highest BCUT2D eigenvalue weighted by Crippen LogP contribution is 2.40. The third-order valence-electron chi connectivity index (χ3n) is 4.67. The monoisotopic (exact) mass is 312 g/mol. The van der Waals surface area contributed by atoms with Crippen molar-refractivity contribution in [3.05, 3.63) is 24.3 Å². The first-order valence-electron chi connectivity index (χ1n) is 7.12. The fourth-order valence-corrected chi connectivity index (χ4v) is 5.22. The summed E-state index contributed by atoms with van der Waals surface area (Å²) in [4.78, 5) is 2.03. The van der Waals surface area contributed by atoms with Gasteiger partial charge in [0.1, 0.15) is 5.75 Å². The summed E-state index contributed by atoms with van der Waals surface area (Å²) in [5.74, 6) is 0.778. The Kier molecular flexibility index (Phi) is 4.49. The second kappa shape index (κ2) is 5.85. The zero-order chi connectivity index (χ0) is 15.7. The van der Waals surface area contributed by atoms with Crippen LogP contribution in [-0.4, -0.2) is 46.2 Å². The standard InChI is InChI=1S/C15H24N2O3S/c1-17(12-6-8-13(20-2)9-7-12)15(11-16)10-4-5-14(15)21(3,18)19/h6-9,14H,4-5,10-11,16H2,1-3H3. The van der Waals surface area contributed by atoms with Crippen LogP contribution in [0.2, 0.25) is 0 Å². The third kappa shape index (κ3) is 2.87. The second-order valence-electron chi connectivity index (χ2n) is 5.78. The third-order valence-corrected chi connectivity index (χ3v) is 6.38. The number of ether oxygens (including phenoxy) is 1. The molecule has 5 nitrogen and oxygen atoms in total. The number of rotatable bonds is 5. The number of nitrogens with two attached hydrogens (primary N) is 1. The summed E-state index contributed by atoms with van der Waals surface area (Å²) >= 11 is 0. The van der Waals surface area contributed by atoms with Crippen molar-refractivity contribution in [3.8, 4) is 5.75 Å². The molecule has 0 radical (unpaired) electrons. The summed E-state index contributed by atoms with van der Waals surface area (Å²) in [5.41, 5.74) is 6.45. The molecule has 118 valence electrons. The number of sulfone groups is 1. The summed E-state index contributed by atoms with van der Waals surface area (Å²) in [6.45, 7) is 0.327. The van der Waals surface area contributed by atoms with Crippen molar-refractivity contribution >= 4 is 15.5 Å². The Labute approximate surface area is 127 Å². The van der Waals surface area contributed by atoms with Gasteiger partial charge in [0.2, 0.25) is 0 Å². The zero-order valence-electron chi connectivity index (χ0n) is 12.9. The van der Waals surface area contributed by atoms with Gasteiger partial charge in [0.25, 0.3) is 0 Å². The van der Waals surface area contributed by atoms with E-state index < -0.39 is 20.6 Å². The molecule has 1 aromatic carbocycles. The molecule has 21 heavy (non-hydrogen) atoms. The lowest BCUT2D eigenvalue weighted by molar-refractivity contribution is 0.412. The minimum absolute atomic E-state index is 0.327. The normalized spacial score (nSPS) is 25.8. The highest BCUT2D eigenvalue weighted by atomic mass is 32.2. The van der Waals surface area contributed by atoms with Crippen molar-refractivity contribution in [2.45, 2.75) is 30.1 Å². The van der Waals surface area contributed by atoms with Crippen molar-refractivity contribution in [1.82, 2.24) is 0 Å². The molecule has 6 heteroatoms. The van der Waals surface area contributed by atoms with E-state index >= 15 is 0 Å². The van der Waals surface area contributed by atoms with E-state index in [0.717, 1.165) is 24.3 Å². The van der Waals surface area contributed by atoms with Crippen LogP contribution in [0.15, 0.2) is 24.3 Å². The predicted octanol–water partition coefficient (Wildman–Crippen LogP) is 1.43. The molecule has 2 unspecified atom stereocenters. The molecular formula is C15H24N2O3S. The van der Waals surface area contributed by atoms with Gasteiger partial charge < -0.3 is 15.4 Å². The number of anilines is 1. The van der Waals surface area contributed by atoms with Gasteiger partial charge in [0, 0.05) is 25.5 Å². The van der Waals surface area contributed by atoms with Crippen LogP contribution in [0, 0.1) is 0 Å². The van der Waals surface area contributed by atoms with E-state index in [4.69, 9.17) is 10.5 Å². The Balaban J connectivity index is 2.38. The molecule has 0 heterocycles. The van der Waals surface area contributed by atoms with Crippen molar-refractivity contribution in [3.63, 3.8) is 0 Å². The Morgan fingerprint density at radius 1 is 1.38 bits per heavy atom. The van der Waals surface area contributed by atoms with E-state index in [9.17, 15) is 8.42 Å². The van der Waals surface area contributed by atoms with Crippen LogP contribution in [0.4, 0.5) is 5.69 Å². The van der Waals surface area contributed by atoms with E-state index in [1.165, 1.54) is 6.26 Å². The van der Waals surface area contributed by atoms with Crippen LogP contribution >= 0.6 is 0 Å². The second-order valence-corrected chi connectivity index (χ2v) is 8.00. The van der Waals surface area contributed by atoms with E-state index in [2.05, 4.69) is 0 Å². The fourth-order valence-electron chi connectivity index (χ4n) is 3.45. The largest absolute Gasteiger partial charge is 0.497 e. The summed E-state index contributed by atoms with van der Waals surface area (Å²) in [6, 6.07) is 7.63. The Morgan fingerprint density at radius 2 is 2.00 bits per heavy atom. The molecule has 0 saturated heterocycles. The summed E-state index contributed by atoms with van der Waals surface area (Å²) in [7, 11) is 0.416. The molecule has 0 spiro atoms. The molecule has 1 aliphatic carbocycles. The number of likely N-dealkylation sites (N-methyl/N-ethyl adjacent to an activating group) is 1. The van der Waals surface area contributed by atoms with E-state index in [1.54, 1.807) is 7.11 Å². The Hall–Kier alpha value is -1.27. The van der Waals surface area contributed by atoms with Gasteiger partial charge in [-0.05, 0) is 43.5 Å². The van der Waals surface area contributed by atoms with Crippen LogP contribution in [0.25, 0.3) is 0 Å². The predicted molar refractivity (Wildman–Crippen MR) is 85.7 cm³/mol. The zero-order valence-corrected chi connectivity index (χ0v) is 13.7. The molecule has 2 rings (SSSR count). The van der Waals surface area contributed by atoms with Gasteiger partial charge in [-0.3, -0.25) is 0 Å². The first-order chi connectivity index (χ1) is 9.85. The van der Waals surface area contributed by atoms with Crippen molar-refractivity contribution in [2.75, 3.05) is 31.9 Å². The molecule has 0 bridgehead atoms. The van der Waals surface area contributed by atoms with Crippen molar-refractivity contribution in [1.29, 1.82) is 0 Å². The lowest BCUT2D eigenvalue weighted by Crippen LogP contribution is -2.59. The van der Waals surface area contributed by atoms with Crippen LogP contribution in [0.3, 0.4) is 0 Å². The van der Waals surface area contributed by atoms with Gasteiger partial charge in [-0.1, -0.05) is 0 Å². The lowest BCUT2D eigenvalue weighted by atomic mass is 9.94. The van der Waals surface area contributed by atoms with E-state index in [1.807, 2.05) is 36.2 Å². The maximum absolute atomic E-state index is 12.1. The number of methoxy groups -OCH3 is 1. The smallest absolute Gasteiger partial charge is 0.152 e. The molecule has 1 fully saturated rings. The average molecular weight is 312 g/mol. The van der Waals surface area contributed by atoms with Gasteiger partial charge in [0.05, 0.1) is 17.9 Å². The first kappa shape index (κ1) is 16.1. The van der Waals surface area contributed by atoms with Gasteiger partial charge >= 0.3 is 0 Å². The minimum Gasteiger partial charge on any atom is -0.497 e. The van der Waals surface area contributed by atoms with Gasteiger partial charge in [0.15, 0.2) is 9.84 Å². The van der Waals surface area contributed by atoms with Crippen LogP contribution in [0.5, 0.6) is 5.75 Å². The van der Waals surface area contributed by atoms with Gasteiger partial charge in [-0.15, -0.1) is 0 Å². The van der Waals surface area contributed by atoms with Crippen LogP contribution in [0.1, 0.15) is 19.3 Å². The van der Waals surface area contributed by atoms with Crippen molar-refractivity contribution < 1.29 is 13.2 Å². The summed E-state index contributed by atoms with van der Waals surface area (Å²) < 4.78 is 29.4. The molecule has 0 aromatic heterocycles. The topological polar surface area (TPSA) is 72.6 Å². The molecule has 2 atom stereocenters. The maximum Gasteiger partial charge on any atom is 0.152 e. The highest BCUT2D eigenvalue weighted by molar-refractivity contribution is 7.91. The quantitative estimate of drug-likeness (QED) is 0.890. The van der Waals surface area contributed by atoms with Gasteiger partial charge in [-0.25, -0.2) is 8.42 Å². The number of hydrogen-bond donors (Lipinski definition) is 1. The van der Waals surface area contributed by atoms with Gasteiger partial charge in [-0.2, -0.15) is 0 Å². The molecule has 1 aromatic rings. The van der Waals surface area contributed by atoms with E-state index in [-0.39, 0.29) is 0 Å². The fraction of sp³-hybridized carbons (Fsp3) is 0.600. The molecule has 1 aliphatic rings. The first-order valence-corrected chi connectivity index (χ1v) is 9.07. The summed E-state index contributed by atoms with van der Waals surface area (Å²) in [6.07, 6.45) is 3.67. The Bertz CT molecular complexity index is 585. The van der Waals surface area contributed by atoms with E-state index in [0.29, 0.717) is 13.0 Å². The summed E-state index contributed by atoms with van der Waals surface area (Å²) in [5, 5.41) is -0.415. The molecular weight excluding hydrogens is 288 g/mol. The number of nitrogens with zero attached hydrogens (tertiary/aromatic N) is 1. The average Bonchev–Trinajstić information content (AvgIpc) is 2.92. The molecule has 1 saturated carbocycles. The molecule has 0 aliphatic heterocycles. The minimum atomic E-state index is -3.13. The maximum atomic E-state index is 12.1. The SMILES string of the molecule is COc1ccc(N(C)C2(CN)CCCC2S(C)(=O)=O)cc1. The highest BCUT2D eigenvalue weighted by Gasteiger charge is 2.50. The van der Waals surface area contributed by atoms with Crippen molar-refractivity contribution in [2.24, 2.45) is 5.73 Å². The Morgan fingerprint density at radius 3 is 2.48 bits per heavy atom. The number of benzene rings is 1. The number of hydrogen-bond acceptors (Lipinski definition) is 5. The van der Waals surface area contributed by atoms with Crippen LogP contribution < -0.4 is 15.4 Å². The molecule has 0 amide bonds. The van der Waals surface area contributed by atoms with Crippen LogP contribution in [-0.2, 0) is 9.84 Å². The lowest BCUT2D eigenvalue weighted by Gasteiger charge is -2.43.